The largest absolute Gasteiger partial charge is 0.497 e. The molecule has 2 heterocycles. The van der Waals surface area contributed by atoms with E-state index in [9.17, 15) is 9.59 Å². The maximum atomic E-state index is 13.6. The SMILES string of the molecule is COc1ccc(C2C3=C(CCCC3=O)N=c3sc(=Cc4ccc(C(C)C)cc4)c(=O)n32)cc1. The summed E-state index contributed by atoms with van der Waals surface area (Å²) in [4.78, 5) is 32.0. The molecule has 2 aromatic carbocycles. The first-order valence-corrected chi connectivity index (χ1v) is 12.1. The monoisotopic (exact) mass is 458 g/mol. The summed E-state index contributed by atoms with van der Waals surface area (Å²) in [5.74, 6) is 1.28. The van der Waals surface area contributed by atoms with Gasteiger partial charge in [0.2, 0.25) is 0 Å². The van der Waals surface area contributed by atoms with E-state index in [0.717, 1.165) is 35.4 Å². The van der Waals surface area contributed by atoms with Crippen molar-refractivity contribution in [1.82, 2.24) is 4.57 Å². The number of carbonyl (C=O) groups is 1. The fourth-order valence-corrected chi connectivity index (χ4v) is 5.56. The van der Waals surface area contributed by atoms with Crippen LogP contribution >= 0.6 is 11.3 Å². The van der Waals surface area contributed by atoms with Crippen LogP contribution in [0.3, 0.4) is 0 Å². The highest BCUT2D eigenvalue weighted by atomic mass is 32.1. The van der Waals surface area contributed by atoms with Gasteiger partial charge in [0.05, 0.1) is 23.4 Å². The number of hydrogen-bond donors (Lipinski definition) is 0. The first kappa shape index (κ1) is 21.6. The number of methoxy groups -OCH3 is 1. The van der Waals surface area contributed by atoms with Crippen molar-refractivity contribution in [1.29, 1.82) is 0 Å². The van der Waals surface area contributed by atoms with Crippen LogP contribution < -0.4 is 19.6 Å². The predicted octanol–water partition coefficient (Wildman–Crippen LogP) is 4.10. The number of benzene rings is 2. The molecule has 0 saturated carbocycles. The van der Waals surface area contributed by atoms with Crippen LogP contribution in [0.4, 0.5) is 0 Å². The Morgan fingerprint density at radius 1 is 1.06 bits per heavy atom. The number of fused-ring (bicyclic) bond motifs is 1. The van der Waals surface area contributed by atoms with Crippen molar-refractivity contribution in [2.75, 3.05) is 7.11 Å². The summed E-state index contributed by atoms with van der Waals surface area (Å²) >= 11 is 1.39. The molecule has 6 heteroatoms. The van der Waals surface area contributed by atoms with Crippen LogP contribution in [0, 0.1) is 0 Å². The number of carbonyl (C=O) groups excluding carboxylic acids is 1. The van der Waals surface area contributed by atoms with E-state index < -0.39 is 6.04 Å². The van der Waals surface area contributed by atoms with E-state index in [1.165, 1.54) is 16.9 Å². The number of rotatable bonds is 4. The Balaban J connectivity index is 1.68. The summed E-state index contributed by atoms with van der Waals surface area (Å²) in [6.45, 7) is 4.32. The van der Waals surface area contributed by atoms with Crippen molar-refractivity contribution in [3.63, 3.8) is 0 Å². The second kappa shape index (κ2) is 8.60. The third-order valence-electron chi connectivity index (χ3n) is 6.36. The Morgan fingerprint density at radius 2 is 1.79 bits per heavy atom. The summed E-state index contributed by atoms with van der Waals surface area (Å²) in [5, 5.41) is 0. The van der Waals surface area contributed by atoms with Crippen molar-refractivity contribution in [3.05, 3.63) is 96.2 Å². The number of aromatic nitrogens is 1. The van der Waals surface area contributed by atoms with Crippen LogP contribution in [0.2, 0.25) is 0 Å². The van der Waals surface area contributed by atoms with E-state index in [0.29, 0.717) is 27.2 Å². The van der Waals surface area contributed by atoms with Gasteiger partial charge in [-0.05, 0) is 53.7 Å². The lowest BCUT2D eigenvalue weighted by molar-refractivity contribution is -0.116. The average molecular weight is 459 g/mol. The van der Waals surface area contributed by atoms with Gasteiger partial charge in [-0.1, -0.05) is 61.6 Å². The van der Waals surface area contributed by atoms with Crippen molar-refractivity contribution in [3.8, 4) is 5.75 Å². The summed E-state index contributed by atoms with van der Waals surface area (Å²) in [6, 6.07) is 15.4. The fourth-order valence-electron chi connectivity index (χ4n) is 4.54. The molecule has 0 fully saturated rings. The molecule has 0 bridgehead atoms. The molecular formula is C27H26N2O3S. The third-order valence-corrected chi connectivity index (χ3v) is 7.34. The zero-order valence-electron chi connectivity index (χ0n) is 19.0. The van der Waals surface area contributed by atoms with Gasteiger partial charge in [-0.2, -0.15) is 0 Å². The van der Waals surface area contributed by atoms with Crippen molar-refractivity contribution < 1.29 is 9.53 Å². The quantitative estimate of drug-likeness (QED) is 0.591. The van der Waals surface area contributed by atoms with Gasteiger partial charge in [0.1, 0.15) is 5.75 Å². The first-order chi connectivity index (χ1) is 16.0. The topological polar surface area (TPSA) is 60.7 Å². The molecule has 0 spiro atoms. The van der Waals surface area contributed by atoms with Crippen LogP contribution in [0.25, 0.3) is 6.08 Å². The molecular weight excluding hydrogens is 432 g/mol. The van der Waals surface area contributed by atoms with Crippen LogP contribution in [0.5, 0.6) is 5.75 Å². The number of allylic oxidation sites excluding steroid dienone is 2. The highest BCUT2D eigenvalue weighted by Crippen LogP contribution is 2.36. The molecule has 5 nitrogen and oxygen atoms in total. The van der Waals surface area contributed by atoms with Gasteiger partial charge in [0.15, 0.2) is 10.6 Å². The van der Waals surface area contributed by atoms with E-state index >= 15 is 0 Å². The maximum Gasteiger partial charge on any atom is 0.271 e. The van der Waals surface area contributed by atoms with Crippen LogP contribution in [-0.2, 0) is 4.79 Å². The molecule has 168 valence electrons. The van der Waals surface area contributed by atoms with E-state index in [-0.39, 0.29) is 11.3 Å². The summed E-state index contributed by atoms with van der Waals surface area (Å²) in [7, 11) is 1.62. The minimum atomic E-state index is -0.458. The van der Waals surface area contributed by atoms with Gasteiger partial charge in [-0.25, -0.2) is 4.99 Å². The Hall–Kier alpha value is -3.25. The van der Waals surface area contributed by atoms with Crippen LogP contribution in [0.1, 0.15) is 61.8 Å². The molecule has 0 saturated heterocycles. The molecule has 0 N–H and O–H groups in total. The molecule has 3 aromatic rings. The van der Waals surface area contributed by atoms with Gasteiger partial charge in [0.25, 0.3) is 5.56 Å². The Labute approximate surface area is 196 Å². The van der Waals surface area contributed by atoms with Crippen LogP contribution in [0.15, 0.2) is 69.6 Å². The van der Waals surface area contributed by atoms with E-state index in [1.807, 2.05) is 42.5 Å². The average Bonchev–Trinajstić information content (AvgIpc) is 3.13. The van der Waals surface area contributed by atoms with E-state index in [4.69, 9.17) is 9.73 Å². The number of nitrogens with zero attached hydrogens (tertiary/aromatic N) is 2. The molecule has 1 aliphatic heterocycles. The summed E-state index contributed by atoms with van der Waals surface area (Å²) in [5.41, 5.74) is 4.50. The molecule has 2 aliphatic rings. The number of Topliss-reactive ketones (excluding diaryl/α,β-unsaturated/α-hetero) is 1. The minimum absolute atomic E-state index is 0.0828. The maximum absolute atomic E-state index is 13.6. The molecule has 5 rings (SSSR count). The normalized spacial score (nSPS) is 18.2. The van der Waals surface area contributed by atoms with E-state index in [1.54, 1.807) is 11.7 Å². The lowest BCUT2D eigenvalue weighted by Crippen LogP contribution is -2.40. The predicted molar refractivity (Wildman–Crippen MR) is 130 cm³/mol. The molecule has 1 unspecified atom stereocenters. The van der Waals surface area contributed by atoms with Gasteiger partial charge in [0, 0.05) is 12.0 Å². The standard InChI is InChI=1S/C27H26N2O3S/c1-16(2)18-9-7-17(8-10-18)15-23-26(31)29-25(19-11-13-20(32-3)14-12-19)24-21(28-27(29)33-23)5-4-6-22(24)30/h7-16,25H,4-6H2,1-3H3. The van der Waals surface area contributed by atoms with Crippen LogP contribution in [-0.4, -0.2) is 17.5 Å². The van der Waals surface area contributed by atoms with E-state index in [2.05, 4.69) is 26.0 Å². The minimum Gasteiger partial charge on any atom is -0.497 e. The smallest absolute Gasteiger partial charge is 0.271 e. The molecule has 0 amide bonds. The van der Waals surface area contributed by atoms with Gasteiger partial charge < -0.3 is 4.74 Å². The van der Waals surface area contributed by atoms with Crippen molar-refractivity contribution in [2.24, 2.45) is 4.99 Å². The van der Waals surface area contributed by atoms with Gasteiger partial charge in [-0.3, -0.25) is 14.2 Å². The second-order valence-corrected chi connectivity index (χ2v) is 9.82. The van der Waals surface area contributed by atoms with Gasteiger partial charge in [-0.15, -0.1) is 0 Å². The lowest BCUT2D eigenvalue weighted by atomic mass is 9.86. The summed E-state index contributed by atoms with van der Waals surface area (Å²) in [6.07, 6.45) is 3.98. The Morgan fingerprint density at radius 3 is 2.45 bits per heavy atom. The van der Waals surface area contributed by atoms with Crippen molar-refractivity contribution in [2.45, 2.75) is 45.1 Å². The van der Waals surface area contributed by atoms with Gasteiger partial charge >= 0.3 is 0 Å². The Kier molecular flexibility index (Phi) is 5.62. The summed E-state index contributed by atoms with van der Waals surface area (Å²) < 4.78 is 7.62. The lowest BCUT2D eigenvalue weighted by Gasteiger charge is -2.28. The fraction of sp³-hybridized carbons (Fsp3) is 0.296. The number of hydrogen-bond acceptors (Lipinski definition) is 5. The molecule has 33 heavy (non-hydrogen) atoms. The molecule has 1 atom stereocenters. The number of ether oxygens (including phenoxy) is 1. The number of ketones is 1. The zero-order chi connectivity index (χ0) is 23.1. The second-order valence-electron chi connectivity index (χ2n) is 8.81. The molecule has 1 aromatic heterocycles. The molecule has 1 aliphatic carbocycles. The third kappa shape index (κ3) is 3.89. The molecule has 0 radical (unpaired) electrons. The zero-order valence-corrected chi connectivity index (χ0v) is 19.8. The van der Waals surface area contributed by atoms with Crippen molar-refractivity contribution >= 4 is 23.2 Å². The first-order valence-electron chi connectivity index (χ1n) is 11.3. The highest BCUT2D eigenvalue weighted by molar-refractivity contribution is 7.07. The highest BCUT2D eigenvalue weighted by Gasteiger charge is 2.34. The number of thiazole rings is 1. The Bertz CT molecular complexity index is 1420.